The van der Waals surface area contributed by atoms with Gasteiger partial charge in [0.15, 0.2) is 11.5 Å². The van der Waals surface area contributed by atoms with Crippen LogP contribution in [0, 0.1) is 11.7 Å². The van der Waals surface area contributed by atoms with Crippen molar-refractivity contribution in [3.63, 3.8) is 0 Å². The van der Waals surface area contributed by atoms with Crippen LogP contribution in [0.4, 0.5) is 4.39 Å². The fraction of sp³-hybridized carbons (Fsp3) is 0.455. The predicted octanol–water partition coefficient (Wildman–Crippen LogP) is 2.29. The van der Waals surface area contributed by atoms with Crippen LogP contribution in [0.2, 0.25) is 0 Å². The van der Waals surface area contributed by atoms with Crippen LogP contribution in [0.15, 0.2) is 33.8 Å². The minimum atomic E-state index is -0.443. The zero-order valence-corrected chi connectivity index (χ0v) is 17.7. The second-order valence-electron chi connectivity index (χ2n) is 8.61. The van der Waals surface area contributed by atoms with Gasteiger partial charge < -0.3 is 13.8 Å². The molecule has 9 nitrogen and oxygen atoms in total. The Balaban J connectivity index is 1.49. The Bertz CT molecular complexity index is 1370. The fourth-order valence-corrected chi connectivity index (χ4v) is 4.53. The minimum Gasteiger partial charge on any atom is -0.379 e. The van der Waals surface area contributed by atoms with Gasteiger partial charge in [-0.15, -0.1) is 0 Å². The number of morpholine rings is 1. The molecule has 1 saturated heterocycles. The van der Waals surface area contributed by atoms with Crippen LogP contribution in [-0.2, 0) is 11.3 Å². The van der Waals surface area contributed by atoms with E-state index in [9.17, 15) is 9.18 Å². The quantitative estimate of drug-likeness (QED) is 0.472. The Kier molecular flexibility index (Phi) is 4.58. The maximum Gasteiger partial charge on any atom is 0.278 e. The van der Waals surface area contributed by atoms with Crippen molar-refractivity contribution in [1.82, 2.24) is 29.0 Å². The van der Waals surface area contributed by atoms with Crippen molar-refractivity contribution in [2.75, 3.05) is 32.8 Å². The third kappa shape index (κ3) is 3.13. The lowest BCUT2D eigenvalue weighted by molar-refractivity contribution is 0.0364. The maximum absolute atomic E-state index is 14.9. The molecule has 4 aromatic rings. The first kappa shape index (κ1) is 19.6. The molecule has 32 heavy (non-hydrogen) atoms. The lowest BCUT2D eigenvalue weighted by Crippen LogP contribution is -2.39. The number of halogens is 1. The summed E-state index contributed by atoms with van der Waals surface area (Å²) in [4.78, 5) is 24.8. The van der Waals surface area contributed by atoms with E-state index < -0.39 is 5.82 Å². The second-order valence-corrected chi connectivity index (χ2v) is 8.61. The van der Waals surface area contributed by atoms with Crippen LogP contribution in [0.25, 0.3) is 28.1 Å². The maximum atomic E-state index is 14.9. The summed E-state index contributed by atoms with van der Waals surface area (Å²) in [7, 11) is 0. The zero-order chi connectivity index (χ0) is 21.8. The van der Waals surface area contributed by atoms with Gasteiger partial charge in [0.05, 0.1) is 18.7 Å². The topological polar surface area (TPSA) is 90.7 Å². The van der Waals surface area contributed by atoms with Crippen LogP contribution in [0.5, 0.6) is 0 Å². The van der Waals surface area contributed by atoms with Crippen molar-refractivity contribution in [2.45, 2.75) is 25.8 Å². The van der Waals surface area contributed by atoms with E-state index in [0.29, 0.717) is 60.7 Å². The standard InChI is InChI=1S/C22H23FN6O3/c1-13-11-14(13)20-25-21(32-26-20)17-19-22(30)28(6-5-27-7-9-31-10-8-27)18-15(23)3-2-4-16(18)29(19)12-24-17/h2-4,12-14H,5-11H2,1H3. The Morgan fingerprint density at radius 3 is 2.78 bits per heavy atom. The van der Waals surface area contributed by atoms with E-state index in [2.05, 4.69) is 26.9 Å². The molecule has 1 aliphatic carbocycles. The van der Waals surface area contributed by atoms with Crippen molar-refractivity contribution in [1.29, 1.82) is 0 Å². The van der Waals surface area contributed by atoms with E-state index >= 15 is 0 Å². The SMILES string of the molecule is CC1CC1c1noc(-c2ncn3c2c(=O)n(CCN2CCOCC2)c2c(F)cccc23)n1. The molecule has 10 heteroatoms. The molecule has 1 saturated carbocycles. The molecule has 0 amide bonds. The number of benzene rings is 1. The molecule has 3 aromatic heterocycles. The van der Waals surface area contributed by atoms with E-state index in [-0.39, 0.29) is 17.0 Å². The number of aromatic nitrogens is 5. The summed E-state index contributed by atoms with van der Waals surface area (Å²) in [6.45, 7) is 6.02. The number of nitrogens with zero attached hydrogens (tertiary/aromatic N) is 6. The average molecular weight is 438 g/mol. The zero-order valence-electron chi connectivity index (χ0n) is 17.7. The van der Waals surface area contributed by atoms with Crippen molar-refractivity contribution in [3.05, 3.63) is 46.5 Å². The predicted molar refractivity (Wildman–Crippen MR) is 114 cm³/mol. The van der Waals surface area contributed by atoms with Crippen molar-refractivity contribution in [3.8, 4) is 11.6 Å². The van der Waals surface area contributed by atoms with Crippen LogP contribution in [0.1, 0.15) is 25.1 Å². The summed E-state index contributed by atoms with van der Waals surface area (Å²) in [5, 5.41) is 4.09. The second kappa shape index (κ2) is 7.49. The van der Waals surface area contributed by atoms with E-state index in [1.807, 2.05) is 0 Å². The highest BCUT2D eigenvalue weighted by Crippen LogP contribution is 2.45. The van der Waals surface area contributed by atoms with Crippen LogP contribution < -0.4 is 5.56 Å². The number of ether oxygens (including phenoxy) is 1. The van der Waals surface area contributed by atoms with Gasteiger partial charge in [-0.1, -0.05) is 18.1 Å². The molecule has 2 atom stereocenters. The minimum absolute atomic E-state index is 0.217. The fourth-order valence-electron chi connectivity index (χ4n) is 4.53. The molecular weight excluding hydrogens is 415 g/mol. The van der Waals surface area contributed by atoms with Gasteiger partial charge in [-0.25, -0.2) is 9.37 Å². The number of fused-ring (bicyclic) bond motifs is 3. The van der Waals surface area contributed by atoms with Crippen molar-refractivity contribution < 1.29 is 13.7 Å². The summed E-state index contributed by atoms with van der Waals surface area (Å²) in [5.74, 6) is 1.24. The van der Waals surface area contributed by atoms with Crippen LogP contribution >= 0.6 is 0 Å². The van der Waals surface area contributed by atoms with Gasteiger partial charge in [-0.2, -0.15) is 4.98 Å². The third-order valence-corrected chi connectivity index (χ3v) is 6.54. The first-order valence-electron chi connectivity index (χ1n) is 10.9. The largest absolute Gasteiger partial charge is 0.379 e. The molecule has 166 valence electrons. The van der Waals surface area contributed by atoms with Gasteiger partial charge in [0.2, 0.25) is 0 Å². The van der Waals surface area contributed by atoms with E-state index in [4.69, 9.17) is 9.26 Å². The molecule has 1 aromatic carbocycles. The molecule has 0 spiro atoms. The normalized spacial score (nSPS) is 21.6. The summed E-state index contributed by atoms with van der Waals surface area (Å²) in [5.41, 5.74) is 1.14. The summed E-state index contributed by atoms with van der Waals surface area (Å²) < 4.78 is 28.9. The van der Waals surface area contributed by atoms with Gasteiger partial charge in [-0.3, -0.25) is 14.1 Å². The molecule has 6 rings (SSSR count). The van der Waals surface area contributed by atoms with Crippen molar-refractivity contribution in [2.24, 2.45) is 5.92 Å². The Morgan fingerprint density at radius 1 is 1.19 bits per heavy atom. The number of hydrogen-bond donors (Lipinski definition) is 0. The van der Waals surface area contributed by atoms with Gasteiger partial charge >= 0.3 is 0 Å². The highest BCUT2D eigenvalue weighted by molar-refractivity contribution is 5.83. The van der Waals surface area contributed by atoms with Crippen LogP contribution in [0.3, 0.4) is 0 Å². The number of para-hydroxylation sites is 1. The first-order chi connectivity index (χ1) is 15.6. The molecular formula is C22H23FN6O3. The molecule has 0 radical (unpaired) electrons. The summed E-state index contributed by atoms with van der Waals surface area (Å²) in [6, 6.07) is 4.79. The Labute approximate surface area is 182 Å². The van der Waals surface area contributed by atoms with E-state index in [1.54, 1.807) is 16.5 Å². The molecule has 0 N–H and O–H groups in total. The summed E-state index contributed by atoms with van der Waals surface area (Å²) in [6.07, 6.45) is 2.55. The lowest BCUT2D eigenvalue weighted by Gasteiger charge is -2.27. The Hall–Kier alpha value is -3.11. The van der Waals surface area contributed by atoms with Crippen molar-refractivity contribution >= 4 is 16.6 Å². The highest BCUT2D eigenvalue weighted by Gasteiger charge is 2.38. The number of imidazole rings is 1. The smallest absolute Gasteiger partial charge is 0.278 e. The third-order valence-electron chi connectivity index (χ3n) is 6.54. The molecule has 2 unspecified atom stereocenters. The van der Waals surface area contributed by atoms with Gasteiger partial charge in [-0.05, 0) is 24.5 Å². The van der Waals surface area contributed by atoms with Gasteiger partial charge in [0.25, 0.3) is 11.4 Å². The molecule has 2 aliphatic rings. The van der Waals surface area contributed by atoms with E-state index in [0.717, 1.165) is 19.5 Å². The monoisotopic (exact) mass is 438 g/mol. The highest BCUT2D eigenvalue weighted by atomic mass is 19.1. The van der Waals surface area contributed by atoms with Gasteiger partial charge in [0, 0.05) is 32.1 Å². The Morgan fingerprint density at radius 2 is 2.00 bits per heavy atom. The molecule has 0 bridgehead atoms. The number of hydrogen-bond acceptors (Lipinski definition) is 7. The lowest BCUT2D eigenvalue weighted by atomic mass is 10.2. The van der Waals surface area contributed by atoms with Gasteiger partial charge in [0.1, 0.15) is 23.2 Å². The molecule has 1 aliphatic heterocycles. The van der Waals surface area contributed by atoms with E-state index in [1.165, 1.54) is 17.0 Å². The number of rotatable bonds is 5. The van der Waals surface area contributed by atoms with Crippen LogP contribution in [-0.4, -0.2) is 61.8 Å². The molecule has 4 heterocycles. The molecule has 2 fully saturated rings. The average Bonchev–Trinajstić information content (AvgIpc) is 3.18. The summed E-state index contributed by atoms with van der Waals surface area (Å²) >= 11 is 0. The first-order valence-corrected chi connectivity index (χ1v) is 10.9.